The molecule has 2 heterocycles. The normalized spacial score (nSPS) is 20.4. The van der Waals surface area contributed by atoms with E-state index in [9.17, 15) is 27.9 Å². The van der Waals surface area contributed by atoms with Gasteiger partial charge < -0.3 is 39.6 Å². The lowest BCUT2D eigenvalue weighted by atomic mass is 10.0. The van der Waals surface area contributed by atoms with E-state index in [4.69, 9.17) is 18.9 Å². The van der Waals surface area contributed by atoms with E-state index in [1.54, 1.807) is 48.2 Å². The molecule has 282 valence electrons. The van der Waals surface area contributed by atoms with Gasteiger partial charge >= 0.3 is 12.2 Å². The Hall–Kier alpha value is -4.53. The number of nitrogens with one attached hydrogen (secondary N) is 2. The fourth-order valence-corrected chi connectivity index (χ4v) is 6.21. The molecule has 2 aliphatic rings. The topological polar surface area (TPSA) is 122 Å². The number of carbonyl (C=O) groups is 2. The Balaban J connectivity index is 1.34. The number of alkyl halides is 3. The van der Waals surface area contributed by atoms with E-state index in [0.717, 1.165) is 30.5 Å². The average Bonchev–Trinajstić information content (AvgIpc) is 3.57. The Bertz CT molecular complexity index is 1670. The second kappa shape index (κ2) is 17.3. The summed E-state index contributed by atoms with van der Waals surface area (Å²) in [6.07, 6.45) is -2.65. The SMILES string of the molecule is C[C@@H]1CN([C@@H](C)CO)C(=O)c2cc(NC(=O)Nc3ccc4c(c3)OCO4)ccc2O[C@@H](C)CCCCO[C@H]1CN(C)Cc1ccc(C(F)(F)F)cc1. The van der Waals surface area contributed by atoms with Gasteiger partial charge in [-0.25, -0.2) is 4.79 Å². The molecule has 0 bridgehead atoms. The number of amides is 3. The van der Waals surface area contributed by atoms with Crippen LogP contribution in [-0.2, 0) is 17.5 Å². The summed E-state index contributed by atoms with van der Waals surface area (Å²) in [5.74, 6) is 0.885. The lowest BCUT2D eigenvalue weighted by Gasteiger charge is -2.36. The summed E-state index contributed by atoms with van der Waals surface area (Å²) in [5, 5.41) is 15.8. The third kappa shape index (κ3) is 10.3. The molecule has 0 fully saturated rings. The Kier molecular flexibility index (Phi) is 12.9. The van der Waals surface area contributed by atoms with Gasteiger partial charge in [0.25, 0.3) is 5.91 Å². The minimum Gasteiger partial charge on any atom is -0.490 e. The maximum Gasteiger partial charge on any atom is 0.416 e. The van der Waals surface area contributed by atoms with E-state index in [2.05, 4.69) is 10.6 Å². The van der Waals surface area contributed by atoms with Gasteiger partial charge in [0.15, 0.2) is 11.5 Å². The quantitative estimate of drug-likeness (QED) is 0.227. The average molecular weight is 729 g/mol. The summed E-state index contributed by atoms with van der Waals surface area (Å²) in [6.45, 7) is 7.06. The zero-order chi connectivity index (χ0) is 37.4. The Labute approximate surface area is 302 Å². The van der Waals surface area contributed by atoms with Gasteiger partial charge in [-0.2, -0.15) is 13.2 Å². The number of hydrogen-bond acceptors (Lipinski definition) is 8. The lowest BCUT2D eigenvalue weighted by molar-refractivity contribution is -0.137. The molecule has 52 heavy (non-hydrogen) atoms. The van der Waals surface area contributed by atoms with Crippen molar-refractivity contribution in [1.29, 1.82) is 0 Å². The van der Waals surface area contributed by atoms with Gasteiger partial charge in [0, 0.05) is 49.6 Å². The second-order valence-corrected chi connectivity index (χ2v) is 13.5. The van der Waals surface area contributed by atoms with Crippen LogP contribution in [0.3, 0.4) is 0 Å². The standard InChI is InChI=1S/C38H47F3N4O7/c1-24-19-45(25(2)22-46)36(47)31-17-29(42-37(48)43-30-13-15-33-34(18-30)51-23-50-33)12-14-32(31)52-26(3)7-5-6-16-49-35(24)21-44(4)20-27-8-10-28(11-9-27)38(39,40)41/h8-15,17-18,24-26,35,46H,5-7,16,19-23H2,1-4H3,(H2,42,43,48)/t24-,25+,26+,35+/m1/s1. The monoisotopic (exact) mass is 728 g/mol. The van der Waals surface area contributed by atoms with Crippen LogP contribution in [0.1, 0.15) is 61.5 Å². The van der Waals surface area contributed by atoms with Gasteiger partial charge in [-0.15, -0.1) is 0 Å². The van der Waals surface area contributed by atoms with Crippen LogP contribution in [0.4, 0.5) is 29.3 Å². The van der Waals surface area contributed by atoms with Crippen molar-refractivity contribution in [1.82, 2.24) is 9.80 Å². The lowest BCUT2D eigenvalue weighted by Crippen LogP contribution is -2.47. The molecule has 0 unspecified atom stereocenters. The molecule has 0 saturated carbocycles. The summed E-state index contributed by atoms with van der Waals surface area (Å²) in [4.78, 5) is 31.0. The number of carbonyl (C=O) groups excluding carboxylic acids is 2. The van der Waals surface area contributed by atoms with Crippen LogP contribution >= 0.6 is 0 Å². The zero-order valence-corrected chi connectivity index (χ0v) is 29.9. The third-order valence-corrected chi connectivity index (χ3v) is 9.17. The largest absolute Gasteiger partial charge is 0.490 e. The minimum atomic E-state index is -4.40. The first kappa shape index (κ1) is 38.7. The van der Waals surface area contributed by atoms with Gasteiger partial charge in [0.05, 0.1) is 36.0 Å². The van der Waals surface area contributed by atoms with E-state index >= 15 is 0 Å². The van der Waals surface area contributed by atoms with Gasteiger partial charge in [-0.3, -0.25) is 9.69 Å². The van der Waals surface area contributed by atoms with Crippen molar-refractivity contribution < 1.29 is 46.8 Å². The summed E-state index contributed by atoms with van der Waals surface area (Å²) in [5.41, 5.74) is 1.12. The van der Waals surface area contributed by atoms with Crippen molar-refractivity contribution in [3.63, 3.8) is 0 Å². The van der Waals surface area contributed by atoms with Crippen molar-refractivity contribution in [3.8, 4) is 17.2 Å². The summed E-state index contributed by atoms with van der Waals surface area (Å²) in [7, 11) is 1.88. The number of likely N-dealkylation sites (N-methyl/N-ethyl adjacent to an activating group) is 1. The summed E-state index contributed by atoms with van der Waals surface area (Å²) < 4.78 is 62.7. The highest BCUT2D eigenvalue weighted by atomic mass is 19.4. The number of hydrogen-bond donors (Lipinski definition) is 3. The van der Waals surface area contributed by atoms with E-state index < -0.39 is 23.8 Å². The number of nitrogens with zero attached hydrogens (tertiary/aromatic N) is 2. The molecule has 0 radical (unpaired) electrons. The van der Waals surface area contributed by atoms with Gasteiger partial charge in [-0.1, -0.05) is 19.1 Å². The molecule has 3 amide bonds. The Morgan fingerprint density at radius 2 is 1.65 bits per heavy atom. The van der Waals surface area contributed by atoms with Crippen LogP contribution in [-0.4, -0.2) is 85.2 Å². The first-order valence-electron chi connectivity index (χ1n) is 17.5. The van der Waals surface area contributed by atoms with Crippen LogP contribution in [0.2, 0.25) is 0 Å². The van der Waals surface area contributed by atoms with Gasteiger partial charge in [-0.05, 0) is 88.2 Å². The molecule has 0 aromatic heterocycles. The maximum atomic E-state index is 14.4. The smallest absolute Gasteiger partial charge is 0.416 e. The van der Waals surface area contributed by atoms with E-state index in [1.807, 2.05) is 25.8 Å². The summed E-state index contributed by atoms with van der Waals surface area (Å²) in [6, 6.07) is 14.0. The molecular weight excluding hydrogens is 681 g/mol. The molecule has 5 rings (SSSR count). The van der Waals surface area contributed by atoms with Gasteiger partial charge in [0.1, 0.15) is 5.75 Å². The van der Waals surface area contributed by atoms with E-state index in [-0.39, 0.29) is 49.5 Å². The summed E-state index contributed by atoms with van der Waals surface area (Å²) >= 11 is 0. The highest BCUT2D eigenvalue weighted by molar-refractivity contribution is 6.02. The van der Waals surface area contributed by atoms with E-state index in [1.165, 1.54) is 12.1 Å². The van der Waals surface area contributed by atoms with Crippen LogP contribution in [0.15, 0.2) is 60.7 Å². The number of fused-ring (bicyclic) bond motifs is 2. The number of urea groups is 1. The fourth-order valence-electron chi connectivity index (χ4n) is 6.21. The molecular formula is C38H47F3N4O7. The molecule has 0 aliphatic carbocycles. The Morgan fingerprint density at radius 1 is 0.981 bits per heavy atom. The number of rotatable bonds is 8. The number of halogens is 3. The van der Waals surface area contributed by atoms with Crippen molar-refractivity contribution >= 4 is 23.3 Å². The van der Waals surface area contributed by atoms with Crippen LogP contribution in [0.5, 0.6) is 17.2 Å². The van der Waals surface area contributed by atoms with Crippen LogP contribution in [0.25, 0.3) is 0 Å². The number of anilines is 2. The fraction of sp³-hybridized carbons (Fsp3) is 0.474. The Morgan fingerprint density at radius 3 is 2.35 bits per heavy atom. The molecule has 3 aromatic carbocycles. The molecule has 0 saturated heterocycles. The first-order valence-corrected chi connectivity index (χ1v) is 17.5. The highest BCUT2D eigenvalue weighted by Crippen LogP contribution is 2.35. The maximum absolute atomic E-state index is 14.4. The molecule has 3 N–H and O–H groups in total. The number of ether oxygens (including phenoxy) is 4. The van der Waals surface area contributed by atoms with Crippen molar-refractivity contribution in [3.05, 3.63) is 77.4 Å². The van der Waals surface area contributed by atoms with E-state index in [0.29, 0.717) is 54.7 Å². The van der Waals surface area contributed by atoms with Gasteiger partial charge in [0.2, 0.25) is 6.79 Å². The zero-order valence-electron chi connectivity index (χ0n) is 29.9. The predicted molar refractivity (Wildman–Crippen MR) is 190 cm³/mol. The predicted octanol–water partition coefficient (Wildman–Crippen LogP) is 7.01. The molecule has 11 nitrogen and oxygen atoms in total. The minimum absolute atomic E-state index is 0.107. The van der Waals surface area contributed by atoms with Crippen molar-refractivity contribution in [2.24, 2.45) is 5.92 Å². The highest BCUT2D eigenvalue weighted by Gasteiger charge is 2.32. The number of aliphatic hydroxyl groups excluding tert-OH is 1. The molecule has 14 heteroatoms. The van der Waals surface area contributed by atoms with Crippen molar-refractivity contribution in [2.45, 2.75) is 71.0 Å². The molecule has 2 aliphatic heterocycles. The van der Waals surface area contributed by atoms with Crippen LogP contribution < -0.4 is 24.8 Å². The second-order valence-electron chi connectivity index (χ2n) is 13.5. The number of aliphatic hydroxyl groups is 1. The van der Waals surface area contributed by atoms with Crippen LogP contribution in [0, 0.1) is 5.92 Å². The van der Waals surface area contributed by atoms with Crippen molar-refractivity contribution in [2.75, 3.05) is 50.8 Å². The third-order valence-electron chi connectivity index (χ3n) is 9.17. The molecule has 3 aromatic rings. The first-order chi connectivity index (χ1) is 24.8. The molecule has 0 spiro atoms. The number of benzene rings is 3. The molecule has 4 atom stereocenters.